The number of carbonyl (C=O) groups excluding carboxylic acids is 1. The average Bonchev–Trinajstić information content (AvgIpc) is 2.34. The van der Waals surface area contributed by atoms with Crippen LogP contribution in [-0.2, 0) is 9.59 Å². The van der Waals surface area contributed by atoms with Crippen LogP contribution in [0.5, 0.6) is 5.75 Å². The summed E-state index contributed by atoms with van der Waals surface area (Å²) in [6, 6.07) is 6.68. The molecule has 0 aliphatic rings. The van der Waals surface area contributed by atoms with E-state index in [1.165, 1.54) is 17.9 Å². The molecule has 0 saturated heterocycles. The summed E-state index contributed by atoms with van der Waals surface area (Å²) in [4.78, 5) is 23.5. The molecule has 0 atom stereocenters. The van der Waals surface area contributed by atoms with Gasteiger partial charge in [0.25, 0.3) is 0 Å². The number of aromatic hydroxyl groups is 1. The zero-order valence-electron chi connectivity index (χ0n) is 11.0. The largest absolute Gasteiger partial charge is 0.506 e. The van der Waals surface area contributed by atoms with E-state index < -0.39 is 5.97 Å². The van der Waals surface area contributed by atoms with Crippen molar-refractivity contribution in [3.8, 4) is 5.75 Å². The van der Waals surface area contributed by atoms with E-state index in [4.69, 9.17) is 5.11 Å². The molecule has 1 amide bonds. The summed E-state index contributed by atoms with van der Waals surface area (Å²) in [5.74, 6) is -0.868. The lowest BCUT2D eigenvalue weighted by molar-refractivity contribution is -0.137. The number of anilines is 1. The van der Waals surface area contributed by atoms with Gasteiger partial charge in [-0.2, -0.15) is 0 Å². The maximum absolute atomic E-state index is 11.6. The van der Waals surface area contributed by atoms with E-state index in [1.54, 1.807) is 18.2 Å². The van der Waals surface area contributed by atoms with Gasteiger partial charge in [-0.05, 0) is 25.0 Å². The van der Waals surface area contributed by atoms with Crippen molar-refractivity contribution >= 4 is 17.6 Å². The van der Waals surface area contributed by atoms with Gasteiger partial charge in [0.1, 0.15) is 5.75 Å². The number of carbonyl (C=O) groups is 2. The fourth-order valence-corrected chi connectivity index (χ4v) is 1.86. The van der Waals surface area contributed by atoms with Crippen LogP contribution in [0.4, 0.5) is 5.69 Å². The Morgan fingerprint density at radius 2 is 1.84 bits per heavy atom. The zero-order chi connectivity index (χ0) is 14.3. The van der Waals surface area contributed by atoms with Crippen molar-refractivity contribution < 1.29 is 19.8 Å². The Morgan fingerprint density at radius 3 is 2.42 bits per heavy atom. The van der Waals surface area contributed by atoms with Crippen LogP contribution >= 0.6 is 0 Å². The van der Waals surface area contributed by atoms with Crippen molar-refractivity contribution in [3.63, 3.8) is 0 Å². The van der Waals surface area contributed by atoms with E-state index in [0.717, 1.165) is 6.42 Å². The second-order valence-electron chi connectivity index (χ2n) is 4.36. The second-order valence-corrected chi connectivity index (χ2v) is 4.36. The maximum Gasteiger partial charge on any atom is 0.303 e. The molecule has 0 saturated carbocycles. The third-order valence-corrected chi connectivity index (χ3v) is 2.83. The SMILES string of the molecule is CC(=O)N(CCCCCC(=O)O)c1ccccc1O. The van der Waals surface area contributed by atoms with E-state index in [0.29, 0.717) is 25.1 Å². The number of hydrogen-bond donors (Lipinski definition) is 2. The molecular weight excluding hydrogens is 246 g/mol. The molecule has 0 bridgehead atoms. The molecule has 0 aliphatic carbocycles. The number of nitrogens with zero attached hydrogens (tertiary/aromatic N) is 1. The van der Waals surface area contributed by atoms with E-state index in [-0.39, 0.29) is 18.1 Å². The molecule has 1 aromatic carbocycles. The van der Waals surface area contributed by atoms with Crippen LogP contribution in [0, 0.1) is 0 Å². The normalized spacial score (nSPS) is 10.2. The molecule has 0 spiro atoms. The number of unbranched alkanes of at least 4 members (excludes halogenated alkanes) is 2. The summed E-state index contributed by atoms with van der Waals surface area (Å²) in [7, 11) is 0. The molecule has 0 heterocycles. The molecule has 5 nitrogen and oxygen atoms in total. The van der Waals surface area contributed by atoms with Crippen molar-refractivity contribution in [2.75, 3.05) is 11.4 Å². The highest BCUT2D eigenvalue weighted by molar-refractivity contribution is 5.92. The molecule has 2 N–H and O–H groups in total. The summed E-state index contributed by atoms with van der Waals surface area (Å²) in [5.41, 5.74) is 0.494. The first kappa shape index (κ1) is 15.0. The highest BCUT2D eigenvalue weighted by atomic mass is 16.4. The van der Waals surface area contributed by atoms with Crippen LogP contribution in [0.25, 0.3) is 0 Å². The Bertz CT molecular complexity index is 445. The summed E-state index contributed by atoms with van der Waals surface area (Å²) in [6.07, 6.45) is 2.20. The number of rotatable bonds is 7. The third-order valence-electron chi connectivity index (χ3n) is 2.83. The Balaban J connectivity index is 2.53. The lowest BCUT2D eigenvalue weighted by Crippen LogP contribution is -2.29. The summed E-state index contributed by atoms with van der Waals surface area (Å²) >= 11 is 0. The van der Waals surface area contributed by atoms with Crippen LogP contribution in [0.3, 0.4) is 0 Å². The Morgan fingerprint density at radius 1 is 1.16 bits per heavy atom. The molecule has 0 aliphatic heterocycles. The van der Waals surface area contributed by atoms with Gasteiger partial charge in [-0.3, -0.25) is 9.59 Å². The summed E-state index contributed by atoms with van der Waals surface area (Å²) in [6.45, 7) is 1.93. The van der Waals surface area contributed by atoms with Crippen molar-refractivity contribution in [1.29, 1.82) is 0 Å². The van der Waals surface area contributed by atoms with Gasteiger partial charge >= 0.3 is 5.97 Å². The highest BCUT2D eigenvalue weighted by Gasteiger charge is 2.14. The number of phenolic OH excluding ortho intramolecular Hbond substituents is 1. The molecule has 1 rings (SSSR count). The van der Waals surface area contributed by atoms with Gasteiger partial charge in [-0.25, -0.2) is 0 Å². The Hall–Kier alpha value is -2.04. The van der Waals surface area contributed by atoms with Crippen LogP contribution in [-0.4, -0.2) is 28.6 Å². The topological polar surface area (TPSA) is 77.8 Å². The summed E-state index contributed by atoms with van der Waals surface area (Å²) < 4.78 is 0. The Kier molecular flexibility index (Phi) is 5.85. The minimum atomic E-state index is -0.802. The molecule has 1 aromatic rings. The van der Waals surface area contributed by atoms with Gasteiger partial charge in [0, 0.05) is 19.9 Å². The van der Waals surface area contributed by atoms with Gasteiger partial charge in [0.15, 0.2) is 0 Å². The van der Waals surface area contributed by atoms with Gasteiger partial charge in [0.2, 0.25) is 5.91 Å². The lowest BCUT2D eigenvalue weighted by Gasteiger charge is -2.22. The van der Waals surface area contributed by atoms with Gasteiger partial charge in [0.05, 0.1) is 5.69 Å². The maximum atomic E-state index is 11.6. The van der Waals surface area contributed by atoms with E-state index >= 15 is 0 Å². The number of carboxylic acid groups (broad SMARTS) is 1. The van der Waals surface area contributed by atoms with E-state index in [9.17, 15) is 14.7 Å². The number of aliphatic carboxylic acids is 1. The van der Waals surface area contributed by atoms with E-state index in [1.807, 2.05) is 0 Å². The Labute approximate surface area is 112 Å². The van der Waals surface area contributed by atoms with Crippen molar-refractivity contribution in [1.82, 2.24) is 0 Å². The van der Waals surface area contributed by atoms with Crippen LogP contribution < -0.4 is 4.90 Å². The monoisotopic (exact) mass is 265 g/mol. The number of hydrogen-bond acceptors (Lipinski definition) is 3. The number of phenols is 1. The number of carboxylic acids is 1. The molecule has 0 radical (unpaired) electrons. The van der Waals surface area contributed by atoms with Crippen molar-refractivity contribution in [3.05, 3.63) is 24.3 Å². The molecule has 0 aromatic heterocycles. The van der Waals surface area contributed by atoms with Crippen LogP contribution in [0.15, 0.2) is 24.3 Å². The lowest BCUT2D eigenvalue weighted by atomic mass is 10.1. The second kappa shape index (κ2) is 7.41. The van der Waals surface area contributed by atoms with Gasteiger partial charge in [-0.15, -0.1) is 0 Å². The van der Waals surface area contributed by atoms with Crippen LogP contribution in [0.1, 0.15) is 32.6 Å². The van der Waals surface area contributed by atoms with Crippen molar-refractivity contribution in [2.45, 2.75) is 32.6 Å². The summed E-state index contributed by atoms with van der Waals surface area (Å²) in [5, 5.41) is 18.3. The average molecular weight is 265 g/mol. The van der Waals surface area contributed by atoms with Crippen molar-refractivity contribution in [2.24, 2.45) is 0 Å². The number of benzene rings is 1. The first-order chi connectivity index (χ1) is 9.02. The third kappa shape index (κ3) is 4.99. The standard InChI is InChI=1S/C14H19NO4/c1-11(16)15(10-6-2-3-9-14(18)19)12-7-4-5-8-13(12)17/h4-5,7-8,17H,2-3,6,9-10H2,1H3,(H,18,19). The first-order valence-electron chi connectivity index (χ1n) is 6.30. The van der Waals surface area contributed by atoms with E-state index in [2.05, 4.69) is 0 Å². The fraction of sp³-hybridized carbons (Fsp3) is 0.429. The predicted octanol–water partition coefficient (Wildman–Crippen LogP) is 2.39. The zero-order valence-corrected chi connectivity index (χ0v) is 11.0. The molecule has 5 heteroatoms. The van der Waals surface area contributed by atoms with Crippen LogP contribution in [0.2, 0.25) is 0 Å². The number of para-hydroxylation sites is 2. The molecule has 19 heavy (non-hydrogen) atoms. The fourth-order valence-electron chi connectivity index (χ4n) is 1.86. The smallest absolute Gasteiger partial charge is 0.303 e. The van der Waals surface area contributed by atoms with Gasteiger partial charge in [-0.1, -0.05) is 18.6 Å². The van der Waals surface area contributed by atoms with Gasteiger partial charge < -0.3 is 15.1 Å². The minimum Gasteiger partial charge on any atom is -0.506 e. The molecular formula is C14H19NO4. The minimum absolute atomic E-state index is 0.0724. The quantitative estimate of drug-likeness (QED) is 0.742. The predicted molar refractivity (Wildman–Crippen MR) is 72.2 cm³/mol. The molecule has 0 fully saturated rings. The molecule has 0 unspecified atom stereocenters. The number of amides is 1. The highest BCUT2D eigenvalue weighted by Crippen LogP contribution is 2.26. The first-order valence-corrected chi connectivity index (χ1v) is 6.30. The molecule has 104 valence electrons.